The first-order valence-electron chi connectivity index (χ1n) is 4.89. The van der Waals surface area contributed by atoms with Gasteiger partial charge in [-0.05, 0) is 32.9 Å². The Balaban J connectivity index is 3.07. The standard InChI is InChI=1S/C11H16N2O2/c1-8(2)13-11(3,10(14)15)9-6-4-5-7-12-9/h4-8,13H,1-3H3,(H,14,15). The maximum Gasteiger partial charge on any atom is 0.329 e. The van der Waals surface area contributed by atoms with E-state index in [1.165, 1.54) is 0 Å². The van der Waals surface area contributed by atoms with E-state index in [1.54, 1.807) is 31.3 Å². The highest BCUT2D eigenvalue weighted by Gasteiger charge is 2.36. The predicted molar refractivity (Wildman–Crippen MR) is 57.5 cm³/mol. The van der Waals surface area contributed by atoms with Gasteiger partial charge < -0.3 is 5.11 Å². The van der Waals surface area contributed by atoms with Gasteiger partial charge in [-0.3, -0.25) is 10.3 Å². The molecule has 0 bridgehead atoms. The smallest absolute Gasteiger partial charge is 0.329 e. The molecular formula is C11H16N2O2. The van der Waals surface area contributed by atoms with Crippen molar-refractivity contribution >= 4 is 5.97 Å². The zero-order valence-corrected chi connectivity index (χ0v) is 9.19. The van der Waals surface area contributed by atoms with Gasteiger partial charge in [-0.1, -0.05) is 6.07 Å². The van der Waals surface area contributed by atoms with E-state index in [2.05, 4.69) is 10.3 Å². The van der Waals surface area contributed by atoms with Crippen LogP contribution in [0.2, 0.25) is 0 Å². The lowest BCUT2D eigenvalue weighted by molar-refractivity contribution is -0.145. The lowest BCUT2D eigenvalue weighted by Crippen LogP contribution is -2.50. The molecule has 0 radical (unpaired) electrons. The van der Waals surface area contributed by atoms with Gasteiger partial charge in [0.15, 0.2) is 5.54 Å². The van der Waals surface area contributed by atoms with Crippen LogP contribution in [0.5, 0.6) is 0 Å². The number of nitrogens with one attached hydrogen (secondary N) is 1. The molecule has 4 nitrogen and oxygen atoms in total. The lowest BCUT2D eigenvalue weighted by Gasteiger charge is -2.27. The first-order chi connectivity index (χ1) is 6.97. The number of aliphatic carboxylic acids is 1. The van der Waals surface area contributed by atoms with E-state index >= 15 is 0 Å². The minimum atomic E-state index is -1.13. The number of hydrogen-bond donors (Lipinski definition) is 2. The Labute approximate surface area is 89.3 Å². The van der Waals surface area contributed by atoms with Crippen molar-refractivity contribution in [3.8, 4) is 0 Å². The van der Waals surface area contributed by atoms with Crippen LogP contribution >= 0.6 is 0 Å². The van der Waals surface area contributed by atoms with Gasteiger partial charge in [-0.15, -0.1) is 0 Å². The van der Waals surface area contributed by atoms with Gasteiger partial charge in [-0.2, -0.15) is 0 Å². The summed E-state index contributed by atoms with van der Waals surface area (Å²) in [6, 6.07) is 5.34. The van der Waals surface area contributed by atoms with Crippen molar-refractivity contribution in [2.75, 3.05) is 0 Å². The highest BCUT2D eigenvalue weighted by atomic mass is 16.4. The molecule has 1 atom stereocenters. The largest absolute Gasteiger partial charge is 0.480 e. The molecule has 0 amide bonds. The Morgan fingerprint density at radius 1 is 1.53 bits per heavy atom. The third kappa shape index (κ3) is 2.53. The minimum Gasteiger partial charge on any atom is -0.480 e. The van der Waals surface area contributed by atoms with Crippen molar-refractivity contribution < 1.29 is 9.90 Å². The first-order valence-corrected chi connectivity index (χ1v) is 4.89. The Morgan fingerprint density at radius 2 is 2.20 bits per heavy atom. The zero-order chi connectivity index (χ0) is 11.5. The molecule has 82 valence electrons. The molecule has 1 aromatic heterocycles. The van der Waals surface area contributed by atoms with E-state index in [0.29, 0.717) is 5.69 Å². The summed E-state index contributed by atoms with van der Waals surface area (Å²) < 4.78 is 0. The van der Waals surface area contributed by atoms with Crippen LogP contribution in [0.3, 0.4) is 0 Å². The summed E-state index contributed by atoms with van der Waals surface area (Å²) in [6.45, 7) is 5.44. The molecule has 0 spiro atoms. The molecule has 2 N–H and O–H groups in total. The molecule has 1 heterocycles. The SMILES string of the molecule is CC(C)NC(C)(C(=O)O)c1ccccn1. The third-order valence-electron chi connectivity index (χ3n) is 2.18. The zero-order valence-electron chi connectivity index (χ0n) is 9.19. The number of rotatable bonds is 4. The van der Waals surface area contributed by atoms with Crippen LogP contribution in [0.1, 0.15) is 26.5 Å². The van der Waals surface area contributed by atoms with Crippen LogP contribution in [-0.4, -0.2) is 22.1 Å². The molecule has 4 heteroatoms. The molecule has 0 aliphatic rings. The van der Waals surface area contributed by atoms with Gasteiger partial charge in [-0.25, -0.2) is 4.79 Å². The van der Waals surface area contributed by atoms with Gasteiger partial charge >= 0.3 is 5.97 Å². The van der Waals surface area contributed by atoms with Crippen molar-refractivity contribution in [2.24, 2.45) is 0 Å². The van der Waals surface area contributed by atoms with E-state index in [9.17, 15) is 9.90 Å². The minimum absolute atomic E-state index is 0.0770. The van der Waals surface area contributed by atoms with E-state index < -0.39 is 11.5 Å². The molecule has 0 aliphatic carbocycles. The van der Waals surface area contributed by atoms with Crippen LogP contribution < -0.4 is 5.32 Å². The molecule has 1 unspecified atom stereocenters. The molecule has 1 aromatic rings. The number of carboxylic acid groups (broad SMARTS) is 1. The summed E-state index contributed by atoms with van der Waals surface area (Å²) in [5.41, 5.74) is -0.610. The number of nitrogens with zero attached hydrogens (tertiary/aromatic N) is 1. The summed E-state index contributed by atoms with van der Waals surface area (Å²) in [4.78, 5) is 15.3. The molecule has 0 fully saturated rings. The van der Waals surface area contributed by atoms with Crippen LogP contribution in [0.15, 0.2) is 24.4 Å². The second-order valence-corrected chi connectivity index (χ2v) is 3.94. The van der Waals surface area contributed by atoms with Gasteiger partial charge in [0.05, 0.1) is 5.69 Å². The molecule has 1 rings (SSSR count). The quantitative estimate of drug-likeness (QED) is 0.784. The summed E-state index contributed by atoms with van der Waals surface area (Å²) in [6.07, 6.45) is 1.60. The fourth-order valence-electron chi connectivity index (χ4n) is 1.48. The number of carbonyl (C=O) groups is 1. The van der Waals surface area contributed by atoms with E-state index in [-0.39, 0.29) is 6.04 Å². The fourth-order valence-corrected chi connectivity index (χ4v) is 1.48. The monoisotopic (exact) mass is 208 g/mol. The molecule has 0 aromatic carbocycles. The number of carboxylic acids is 1. The van der Waals surface area contributed by atoms with Crippen molar-refractivity contribution in [1.29, 1.82) is 0 Å². The second-order valence-electron chi connectivity index (χ2n) is 3.94. The van der Waals surface area contributed by atoms with Gasteiger partial charge in [0.2, 0.25) is 0 Å². The fraction of sp³-hybridized carbons (Fsp3) is 0.455. The summed E-state index contributed by atoms with van der Waals surface area (Å²) >= 11 is 0. The predicted octanol–water partition coefficient (Wildman–Crippen LogP) is 1.38. The molecular weight excluding hydrogens is 192 g/mol. The maximum absolute atomic E-state index is 11.3. The average Bonchev–Trinajstić information content (AvgIpc) is 2.17. The highest BCUT2D eigenvalue weighted by molar-refractivity contribution is 5.79. The van der Waals surface area contributed by atoms with Crippen LogP contribution in [0, 0.1) is 0 Å². The number of pyridine rings is 1. The highest BCUT2D eigenvalue weighted by Crippen LogP contribution is 2.19. The molecule has 0 saturated carbocycles. The Hall–Kier alpha value is -1.42. The van der Waals surface area contributed by atoms with Crippen molar-refractivity contribution in [1.82, 2.24) is 10.3 Å². The first kappa shape index (κ1) is 11.7. The maximum atomic E-state index is 11.3. The van der Waals surface area contributed by atoms with Crippen LogP contribution in [0.4, 0.5) is 0 Å². The summed E-state index contributed by atoms with van der Waals surface area (Å²) in [5.74, 6) is -0.921. The van der Waals surface area contributed by atoms with Crippen LogP contribution in [-0.2, 0) is 10.3 Å². The van der Waals surface area contributed by atoms with Crippen molar-refractivity contribution in [2.45, 2.75) is 32.4 Å². The second kappa shape index (κ2) is 4.40. The normalized spacial score (nSPS) is 14.9. The lowest BCUT2D eigenvalue weighted by atomic mass is 9.96. The van der Waals surface area contributed by atoms with E-state index in [4.69, 9.17) is 0 Å². The topological polar surface area (TPSA) is 62.2 Å². The Bertz CT molecular complexity index is 338. The van der Waals surface area contributed by atoms with Gasteiger partial charge in [0, 0.05) is 12.2 Å². The molecule has 15 heavy (non-hydrogen) atoms. The van der Waals surface area contributed by atoms with Crippen molar-refractivity contribution in [3.05, 3.63) is 30.1 Å². The molecule has 0 saturated heterocycles. The number of hydrogen-bond acceptors (Lipinski definition) is 3. The van der Waals surface area contributed by atoms with E-state index in [1.807, 2.05) is 13.8 Å². The summed E-state index contributed by atoms with van der Waals surface area (Å²) in [5, 5.41) is 12.2. The van der Waals surface area contributed by atoms with Gasteiger partial charge in [0.25, 0.3) is 0 Å². The van der Waals surface area contributed by atoms with Crippen molar-refractivity contribution in [3.63, 3.8) is 0 Å². The average molecular weight is 208 g/mol. The third-order valence-corrected chi connectivity index (χ3v) is 2.18. The Kier molecular flexibility index (Phi) is 3.42. The van der Waals surface area contributed by atoms with Crippen LogP contribution in [0.25, 0.3) is 0 Å². The van der Waals surface area contributed by atoms with E-state index in [0.717, 1.165) is 0 Å². The summed E-state index contributed by atoms with van der Waals surface area (Å²) in [7, 11) is 0. The number of aromatic nitrogens is 1. The van der Waals surface area contributed by atoms with Gasteiger partial charge in [0.1, 0.15) is 0 Å². The molecule has 0 aliphatic heterocycles. The Morgan fingerprint density at radius 3 is 2.60 bits per heavy atom.